The van der Waals surface area contributed by atoms with E-state index >= 15 is 0 Å². The molecule has 0 amide bonds. The number of rotatable bonds is 3. The van der Waals surface area contributed by atoms with Gasteiger partial charge in [0.2, 0.25) is 0 Å². The first-order chi connectivity index (χ1) is 3.62. The minimum Gasteiger partial charge on any atom is -0.408 e. The molecular formula is C4H11NO2Si. The molecule has 0 aromatic heterocycles. The van der Waals surface area contributed by atoms with Crippen LogP contribution in [0.4, 0.5) is 0 Å². The van der Waals surface area contributed by atoms with Gasteiger partial charge in [0.1, 0.15) is 0 Å². The van der Waals surface area contributed by atoms with Gasteiger partial charge in [-0.1, -0.05) is 0 Å². The molecule has 0 fully saturated rings. The van der Waals surface area contributed by atoms with Crippen molar-refractivity contribution in [2.45, 2.75) is 6.04 Å². The number of hydrogen-bond acceptors (Lipinski definition) is 3. The van der Waals surface area contributed by atoms with E-state index < -0.39 is 8.56 Å². The highest BCUT2D eigenvalue weighted by molar-refractivity contribution is 6.69. The summed E-state index contributed by atoms with van der Waals surface area (Å²) in [4.78, 5) is 17.6. The molecule has 0 spiro atoms. The Labute approximate surface area is 49.7 Å². The molecule has 0 saturated carbocycles. The number of nitrogens with two attached hydrogens (primary N) is 1. The van der Waals surface area contributed by atoms with E-state index in [1.165, 1.54) is 5.70 Å². The zero-order valence-corrected chi connectivity index (χ0v) is 5.67. The van der Waals surface area contributed by atoms with E-state index in [0.717, 1.165) is 0 Å². The summed E-state index contributed by atoms with van der Waals surface area (Å²) in [6.07, 6.45) is 0. The van der Waals surface area contributed by atoms with E-state index in [2.05, 4.69) is 6.58 Å². The van der Waals surface area contributed by atoms with Crippen LogP contribution in [-0.2, 0) is 0 Å². The zero-order chi connectivity index (χ0) is 6.62. The van der Waals surface area contributed by atoms with Crippen LogP contribution < -0.4 is 5.73 Å². The predicted molar refractivity (Wildman–Crippen MR) is 34.2 cm³/mol. The minimum absolute atomic E-state index is 0.274. The maximum atomic E-state index is 8.82. The Bertz CT molecular complexity index is 84.1. The van der Waals surface area contributed by atoms with Crippen molar-refractivity contribution in [2.24, 2.45) is 5.73 Å². The van der Waals surface area contributed by atoms with E-state index in [4.69, 9.17) is 15.3 Å². The third-order valence-corrected chi connectivity index (χ3v) is 2.52. The molecule has 0 heterocycles. The zero-order valence-electron chi connectivity index (χ0n) is 4.67. The molecule has 0 saturated heterocycles. The molecule has 0 bridgehead atoms. The largest absolute Gasteiger partial charge is 0.408 e. The second-order valence-corrected chi connectivity index (χ2v) is 4.29. The lowest BCUT2D eigenvalue weighted by molar-refractivity contribution is 0.379. The first-order valence-electron chi connectivity index (χ1n) is 2.41. The average Bonchev–Trinajstić information content (AvgIpc) is 1.67. The van der Waals surface area contributed by atoms with Crippen molar-refractivity contribution in [1.29, 1.82) is 0 Å². The molecule has 0 atom stereocenters. The molecule has 0 aliphatic rings. The van der Waals surface area contributed by atoms with Crippen molar-refractivity contribution in [3.8, 4) is 0 Å². The van der Waals surface area contributed by atoms with Crippen molar-refractivity contribution in [2.75, 3.05) is 6.54 Å². The van der Waals surface area contributed by atoms with Crippen LogP contribution >= 0.6 is 0 Å². The van der Waals surface area contributed by atoms with Crippen molar-refractivity contribution in [3.63, 3.8) is 0 Å². The Hall–Kier alpha value is -0.163. The van der Waals surface area contributed by atoms with E-state index in [0.29, 0.717) is 6.54 Å². The predicted octanol–water partition coefficient (Wildman–Crippen LogP) is -0.903. The summed E-state index contributed by atoms with van der Waals surface area (Å²) < 4.78 is 0. The maximum Gasteiger partial charge on any atom is 0.360 e. The molecule has 0 aromatic rings. The van der Waals surface area contributed by atoms with E-state index in [9.17, 15) is 0 Å². The van der Waals surface area contributed by atoms with Gasteiger partial charge in [-0.3, -0.25) is 0 Å². The Morgan fingerprint density at radius 3 is 2.25 bits per heavy atom. The van der Waals surface area contributed by atoms with Crippen LogP contribution in [0.1, 0.15) is 0 Å². The second kappa shape index (κ2) is 2.98. The van der Waals surface area contributed by atoms with E-state index in [1.54, 1.807) is 0 Å². The normalized spacial score (nSPS) is 11.4. The van der Waals surface area contributed by atoms with Gasteiger partial charge in [0, 0.05) is 6.04 Å². The lowest BCUT2D eigenvalue weighted by Crippen LogP contribution is -2.34. The van der Waals surface area contributed by atoms with Crippen molar-refractivity contribution >= 4 is 8.56 Å². The molecule has 8 heavy (non-hydrogen) atoms. The summed E-state index contributed by atoms with van der Waals surface area (Å²) >= 11 is 0. The van der Waals surface area contributed by atoms with Gasteiger partial charge < -0.3 is 15.3 Å². The topological polar surface area (TPSA) is 66.5 Å². The molecule has 0 aliphatic carbocycles. The Kier molecular flexibility index (Phi) is 2.92. The first-order valence-corrected chi connectivity index (χ1v) is 4.58. The molecule has 0 aliphatic heterocycles. The summed E-state index contributed by atoms with van der Waals surface area (Å²) in [5, 5.41) is 0. The first kappa shape index (κ1) is 7.84. The fourth-order valence-electron chi connectivity index (χ4n) is 0.314. The average molecular weight is 133 g/mol. The summed E-state index contributed by atoms with van der Waals surface area (Å²) in [5.74, 6) is 0. The van der Waals surface area contributed by atoms with Crippen molar-refractivity contribution in [3.05, 3.63) is 12.3 Å². The van der Waals surface area contributed by atoms with Gasteiger partial charge in [0.05, 0.1) is 0 Å². The standard InChI is InChI=1S/C4H11NO2Si/c1-2-8(6,7)4-3-5/h2,6-7H,1,3-5H2. The molecular weight excluding hydrogens is 122 g/mol. The Morgan fingerprint density at radius 1 is 1.62 bits per heavy atom. The van der Waals surface area contributed by atoms with Gasteiger partial charge in [-0.05, 0) is 12.2 Å². The minimum atomic E-state index is -3.04. The summed E-state index contributed by atoms with van der Waals surface area (Å²) in [6.45, 7) is 3.57. The Morgan fingerprint density at radius 2 is 2.12 bits per heavy atom. The summed E-state index contributed by atoms with van der Waals surface area (Å²) in [6, 6.07) is 0.274. The molecule has 0 rings (SSSR count). The van der Waals surface area contributed by atoms with Crippen LogP contribution in [0.3, 0.4) is 0 Å². The summed E-state index contributed by atoms with van der Waals surface area (Å²) in [5.41, 5.74) is 6.25. The lowest BCUT2D eigenvalue weighted by Gasteiger charge is -2.09. The van der Waals surface area contributed by atoms with Crippen LogP contribution in [-0.4, -0.2) is 24.7 Å². The highest BCUT2D eigenvalue weighted by Crippen LogP contribution is 1.98. The highest BCUT2D eigenvalue weighted by Gasteiger charge is 2.22. The fraction of sp³-hybridized carbons (Fsp3) is 0.500. The monoisotopic (exact) mass is 133 g/mol. The molecule has 48 valence electrons. The highest BCUT2D eigenvalue weighted by atomic mass is 28.4. The fourth-order valence-corrected chi connectivity index (χ4v) is 0.943. The van der Waals surface area contributed by atoms with Crippen molar-refractivity contribution in [1.82, 2.24) is 0 Å². The summed E-state index contributed by atoms with van der Waals surface area (Å²) in [7, 11) is -3.04. The van der Waals surface area contributed by atoms with Crippen LogP contribution in [0, 0.1) is 0 Å². The lowest BCUT2D eigenvalue weighted by atomic mass is 10.8. The van der Waals surface area contributed by atoms with E-state index in [-0.39, 0.29) is 6.04 Å². The van der Waals surface area contributed by atoms with Crippen molar-refractivity contribution < 1.29 is 9.59 Å². The molecule has 0 radical (unpaired) electrons. The third kappa shape index (κ3) is 2.92. The maximum absolute atomic E-state index is 8.82. The smallest absolute Gasteiger partial charge is 0.360 e. The quantitative estimate of drug-likeness (QED) is 0.437. The van der Waals surface area contributed by atoms with Crippen LogP contribution in [0.15, 0.2) is 12.3 Å². The molecule has 0 unspecified atom stereocenters. The van der Waals surface area contributed by atoms with Crippen LogP contribution in [0.25, 0.3) is 0 Å². The SMILES string of the molecule is C=C[Si](O)(O)CCN. The third-order valence-electron chi connectivity index (χ3n) is 0.839. The van der Waals surface area contributed by atoms with Gasteiger partial charge in [-0.2, -0.15) is 0 Å². The van der Waals surface area contributed by atoms with Crippen LogP contribution in [0.5, 0.6) is 0 Å². The van der Waals surface area contributed by atoms with Gasteiger partial charge in [-0.25, -0.2) is 0 Å². The van der Waals surface area contributed by atoms with Gasteiger partial charge in [0.25, 0.3) is 0 Å². The number of hydrogen-bond donors (Lipinski definition) is 3. The van der Waals surface area contributed by atoms with E-state index in [1.807, 2.05) is 0 Å². The van der Waals surface area contributed by atoms with Gasteiger partial charge >= 0.3 is 8.56 Å². The molecule has 3 nitrogen and oxygen atoms in total. The molecule has 4 N–H and O–H groups in total. The molecule has 4 heteroatoms. The van der Waals surface area contributed by atoms with Crippen LogP contribution in [0.2, 0.25) is 6.04 Å². The van der Waals surface area contributed by atoms with Gasteiger partial charge in [0.15, 0.2) is 0 Å². The Balaban J connectivity index is 3.53. The van der Waals surface area contributed by atoms with Gasteiger partial charge in [-0.15, -0.1) is 6.58 Å². The molecule has 0 aromatic carbocycles. The second-order valence-electron chi connectivity index (χ2n) is 1.62.